The van der Waals surface area contributed by atoms with Crippen molar-refractivity contribution in [3.63, 3.8) is 0 Å². The number of hydrogen-bond acceptors (Lipinski definition) is 7. The summed E-state index contributed by atoms with van der Waals surface area (Å²) in [5.41, 5.74) is 1.59. The third-order valence-corrected chi connectivity index (χ3v) is 5.26. The predicted molar refractivity (Wildman–Crippen MR) is 118 cm³/mol. The van der Waals surface area contributed by atoms with Crippen LogP contribution in [0.15, 0.2) is 24.8 Å². The van der Waals surface area contributed by atoms with Crippen LogP contribution in [0.4, 0.5) is 4.79 Å². The van der Waals surface area contributed by atoms with E-state index in [0.717, 1.165) is 16.7 Å². The number of rotatable bonds is 5. The highest BCUT2D eigenvalue weighted by atomic mass is 16.6. The molecule has 0 bridgehead atoms. The summed E-state index contributed by atoms with van der Waals surface area (Å²) in [6.45, 7) is 9.20. The van der Waals surface area contributed by atoms with Crippen LogP contribution in [0.3, 0.4) is 0 Å². The van der Waals surface area contributed by atoms with E-state index < -0.39 is 29.8 Å². The zero-order chi connectivity index (χ0) is 23.6. The maximum atomic E-state index is 12.7. The number of carbonyl (C=O) groups excluding carboxylic acids is 3. The van der Waals surface area contributed by atoms with Gasteiger partial charge in [-0.3, -0.25) is 9.69 Å². The molecule has 1 saturated heterocycles. The summed E-state index contributed by atoms with van der Waals surface area (Å²) < 4.78 is 21.9. The molecular formula is C24H29NO7. The van der Waals surface area contributed by atoms with Crippen molar-refractivity contribution in [1.82, 2.24) is 4.90 Å². The van der Waals surface area contributed by atoms with Crippen molar-refractivity contribution in [2.45, 2.75) is 51.4 Å². The molecule has 1 aliphatic heterocycles. The first-order valence-corrected chi connectivity index (χ1v) is 10.4. The molecule has 1 amide bonds. The summed E-state index contributed by atoms with van der Waals surface area (Å²) in [7, 11) is 2.83. The van der Waals surface area contributed by atoms with E-state index in [-0.39, 0.29) is 25.2 Å². The van der Waals surface area contributed by atoms with Gasteiger partial charge in [-0.15, -0.1) is 0 Å². The molecule has 2 aliphatic rings. The minimum absolute atomic E-state index is 0.104. The Hall–Kier alpha value is -3.29. The molecule has 8 nitrogen and oxygen atoms in total. The number of methoxy groups -OCH3 is 2. The Labute approximate surface area is 187 Å². The molecular weight excluding hydrogens is 414 g/mol. The van der Waals surface area contributed by atoms with Crippen LogP contribution in [0.25, 0.3) is 11.8 Å². The van der Waals surface area contributed by atoms with E-state index in [1.165, 1.54) is 18.1 Å². The predicted octanol–water partition coefficient (Wildman–Crippen LogP) is 3.37. The zero-order valence-corrected chi connectivity index (χ0v) is 19.1. The van der Waals surface area contributed by atoms with Crippen molar-refractivity contribution in [2.75, 3.05) is 20.8 Å². The van der Waals surface area contributed by atoms with E-state index in [2.05, 4.69) is 6.58 Å². The molecule has 1 aromatic rings. The lowest BCUT2D eigenvalue weighted by Gasteiger charge is -2.27. The van der Waals surface area contributed by atoms with Crippen LogP contribution >= 0.6 is 0 Å². The standard InChI is InChI=1S/C24H29NO7/c1-7-14-9-18-15(10-20(14)29-5)8-16(26)11-21(18)31-17-12-19(22(27)30-6)25(13-17)23(28)32-24(2,3)4/h7,9-11,17,19H,1,8,12-13H2,2-6H3/t17-,19+/m1/s1. The summed E-state index contributed by atoms with van der Waals surface area (Å²) >= 11 is 0. The van der Waals surface area contributed by atoms with Crippen LogP contribution in [0.2, 0.25) is 0 Å². The van der Waals surface area contributed by atoms with Gasteiger partial charge in [0.25, 0.3) is 0 Å². The average Bonchev–Trinajstić information content (AvgIpc) is 3.15. The first kappa shape index (κ1) is 23.4. The molecule has 1 aromatic carbocycles. The lowest BCUT2D eigenvalue weighted by Crippen LogP contribution is -2.44. The number of likely N-dealkylation sites (tertiary alicyclic amines) is 1. The van der Waals surface area contributed by atoms with Crippen LogP contribution in [-0.2, 0) is 30.2 Å². The SMILES string of the molecule is C=Cc1cc2c(cc1OC)CC(=O)C=C2O[C@@H]1C[C@@H](C(=O)OC)N(C(=O)OC(C)(C)C)C1. The molecule has 0 saturated carbocycles. The molecule has 1 fully saturated rings. The van der Waals surface area contributed by atoms with Crippen LogP contribution in [-0.4, -0.2) is 61.3 Å². The first-order valence-electron chi connectivity index (χ1n) is 10.4. The minimum Gasteiger partial charge on any atom is -0.496 e. The van der Waals surface area contributed by atoms with Crippen LogP contribution in [0.5, 0.6) is 5.75 Å². The number of allylic oxidation sites excluding steroid dienone is 1. The molecule has 32 heavy (non-hydrogen) atoms. The van der Waals surface area contributed by atoms with Crippen molar-refractivity contribution in [3.05, 3.63) is 41.5 Å². The molecule has 0 radical (unpaired) electrons. The number of fused-ring (bicyclic) bond motifs is 1. The molecule has 2 atom stereocenters. The van der Waals surface area contributed by atoms with Gasteiger partial charge in [0, 0.05) is 30.0 Å². The number of esters is 1. The largest absolute Gasteiger partial charge is 0.496 e. The van der Waals surface area contributed by atoms with Gasteiger partial charge in [0.1, 0.15) is 29.3 Å². The van der Waals surface area contributed by atoms with Gasteiger partial charge in [0.05, 0.1) is 20.8 Å². The second kappa shape index (κ2) is 9.06. The third kappa shape index (κ3) is 4.95. The van der Waals surface area contributed by atoms with Gasteiger partial charge in [-0.05, 0) is 38.5 Å². The zero-order valence-electron chi connectivity index (χ0n) is 19.1. The van der Waals surface area contributed by atoms with Crippen LogP contribution < -0.4 is 4.74 Å². The number of carbonyl (C=O) groups is 3. The van der Waals surface area contributed by atoms with Gasteiger partial charge in [0.15, 0.2) is 5.78 Å². The monoisotopic (exact) mass is 443 g/mol. The van der Waals surface area contributed by atoms with Gasteiger partial charge >= 0.3 is 12.1 Å². The van der Waals surface area contributed by atoms with E-state index >= 15 is 0 Å². The lowest BCUT2D eigenvalue weighted by molar-refractivity contribution is -0.145. The Morgan fingerprint density at radius 1 is 1.22 bits per heavy atom. The molecule has 172 valence electrons. The second-order valence-corrected chi connectivity index (χ2v) is 8.75. The van der Waals surface area contributed by atoms with E-state index in [0.29, 0.717) is 11.5 Å². The number of ether oxygens (including phenoxy) is 4. The molecule has 0 unspecified atom stereocenters. The molecule has 0 aromatic heterocycles. The molecule has 0 spiro atoms. The highest BCUT2D eigenvalue weighted by Gasteiger charge is 2.43. The lowest BCUT2D eigenvalue weighted by atomic mass is 9.92. The Bertz CT molecular complexity index is 973. The maximum Gasteiger partial charge on any atom is 0.411 e. The van der Waals surface area contributed by atoms with E-state index in [1.807, 2.05) is 6.07 Å². The van der Waals surface area contributed by atoms with Gasteiger partial charge in [0.2, 0.25) is 0 Å². The summed E-state index contributed by atoms with van der Waals surface area (Å²) in [6, 6.07) is 2.83. The smallest absolute Gasteiger partial charge is 0.411 e. The van der Waals surface area contributed by atoms with Crippen LogP contribution in [0.1, 0.15) is 43.9 Å². The summed E-state index contributed by atoms with van der Waals surface area (Å²) in [6.07, 6.45) is 2.43. The van der Waals surface area contributed by atoms with Crippen molar-refractivity contribution in [3.8, 4) is 5.75 Å². The number of benzene rings is 1. The Kier molecular flexibility index (Phi) is 6.62. The molecule has 3 rings (SSSR count). The molecule has 8 heteroatoms. The van der Waals surface area contributed by atoms with Gasteiger partial charge in [-0.2, -0.15) is 0 Å². The fraction of sp³-hybridized carbons (Fsp3) is 0.458. The summed E-state index contributed by atoms with van der Waals surface area (Å²) in [5, 5.41) is 0. The molecule has 1 heterocycles. The topological polar surface area (TPSA) is 91.4 Å². The van der Waals surface area contributed by atoms with Gasteiger partial charge < -0.3 is 18.9 Å². The minimum atomic E-state index is -0.834. The first-order chi connectivity index (χ1) is 15.1. The van der Waals surface area contributed by atoms with Crippen molar-refractivity contribution in [2.24, 2.45) is 0 Å². The fourth-order valence-corrected chi connectivity index (χ4v) is 3.85. The Morgan fingerprint density at radius 3 is 2.53 bits per heavy atom. The van der Waals surface area contributed by atoms with Gasteiger partial charge in [-0.25, -0.2) is 9.59 Å². The fourth-order valence-electron chi connectivity index (χ4n) is 3.85. The maximum absolute atomic E-state index is 12.7. The van der Waals surface area contributed by atoms with Crippen molar-refractivity contribution < 1.29 is 33.3 Å². The quantitative estimate of drug-likeness (QED) is 0.645. The van der Waals surface area contributed by atoms with Gasteiger partial charge in [-0.1, -0.05) is 12.7 Å². The number of ketones is 1. The van der Waals surface area contributed by atoms with Crippen LogP contribution in [0, 0.1) is 0 Å². The molecule has 1 aliphatic carbocycles. The summed E-state index contributed by atoms with van der Waals surface area (Å²) in [5.74, 6) is 0.360. The normalized spacial score (nSPS) is 20.2. The van der Waals surface area contributed by atoms with E-state index in [4.69, 9.17) is 18.9 Å². The Morgan fingerprint density at radius 2 is 1.94 bits per heavy atom. The Balaban J connectivity index is 1.87. The molecule has 0 N–H and O–H groups in total. The summed E-state index contributed by atoms with van der Waals surface area (Å²) in [4.78, 5) is 38.6. The second-order valence-electron chi connectivity index (χ2n) is 8.75. The van der Waals surface area contributed by atoms with Crippen molar-refractivity contribution >= 4 is 29.7 Å². The highest BCUT2D eigenvalue weighted by molar-refractivity contribution is 6.01. The van der Waals surface area contributed by atoms with E-state index in [9.17, 15) is 14.4 Å². The average molecular weight is 443 g/mol. The van der Waals surface area contributed by atoms with Crippen molar-refractivity contribution in [1.29, 1.82) is 0 Å². The number of amides is 1. The highest BCUT2D eigenvalue weighted by Crippen LogP contribution is 2.35. The third-order valence-electron chi connectivity index (χ3n) is 5.26. The number of hydrogen-bond donors (Lipinski definition) is 0. The number of nitrogens with zero attached hydrogens (tertiary/aromatic N) is 1. The van der Waals surface area contributed by atoms with E-state index in [1.54, 1.807) is 40.0 Å².